The highest BCUT2D eigenvalue weighted by molar-refractivity contribution is 9.10. The van der Waals surface area contributed by atoms with Gasteiger partial charge in [-0.1, -0.05) is 15.9 Å². The van der Waals surface area contributed by atoms with Gasteiger partial charge in [0.2, 0.25) is 5.91 Å². The summed E-state index contributed by atoms with van der Waals surface area (Å²) in [5.41, 5.74) is 0.753. The minimum absolute atomic E-state index is 0.0112. The van der Waals surface area contributed by atoms with E-state index in [4.69, 9.17) is 0 Å². The lowest BCUT2D eigenvalue weighted by atomic mass is 10.2. The monoisotopic (exact) mass is 300 g/mol. The standard InChI is InChI=1S/C12H14BrFN2O/c13-9-4-8(5-10(14)6-9)7-16-12(17)11-2-1-3-15-11/h4-6,11,15H,1-3,7H2,(H,16,17). The maximum Gasteiger partial charge on any atom is 0.237 e. The lowest BCUT2D eigenvalue weighted by Crippen LogP contribution is -2.40. The van der Waals surface area contributed by atoms with E-state index >= 15 is 0 Å². The Hall–Kier alpha value is -0.940. The van der Waals surface area contributed by atoms with Crippen LogP contribution in [0.1, 0.15) is 18.4 Å². The van der Waals surface area contributed by atoms with Gasteiger partial charge in [0.05, 0.1) is 6.04 Å². The molecule has 1 heterocycles. The summed E-state index contributed by atoms with van der Waals surface area (Å²) in [5.74, 6) is -0.314. The quantitative estimate of drug-likeness (QED) is 0.896. The van der Waals surface area contributed by atoms with Gasteiger partial charge in [-0.3, -0.25) is 4.79 Å². The zero-order chi connectivity index (χ0) is 12.3. The van der Waals surface area contributed by atoms with E-state index < -0.39 is 0 Å². The zero-order valence-corrected chi connectivity index (χ0v) is 10.9. The van der Waals surface area contributed by atoms with Gasteiger partial charge in [0.15, 0.2) is 0 Å². The van der Waals surface area contributed by atoms with Crippen LogP contribution >= 0.6 is 15.9 Å². The summed E-state index contributed by atoms with van der Waals surface area (Å²) in [6, 6.07) is 4.52. The van der Waals surface area contributed by atoms with E-state index in [1.807, 2.05) is 0 Å². The molecular weight excluding hydrogens is 287 g/mol. The first kappa shape index (κ1) is 12.5. The summed E-state index contributed by atoms with van der Waals surface area (Å²) in [7, 11) is 0. The number of hydrogen-bond acceptors (Lipinski definition) is 2. The maximum atomic E-state index is 13.1. The Morgan fingerprint density at radius 1 is 1.53 bits per heavy atom. The molecule has 1 unspecified atom stereocenters. The molecule has 0 bridgehead atoms. The van der Waals surface area contributed by atoms with Gasteiger partial charge in [0, 0.05) is 11.0 Å². The normalized spacial score (nSPS) is 19.3. The third-order valence-electron chi connectivity index (χ3n) is 2.77. The van der Waals surface area contributed by atoms with Gasteiger partial charge in [-0.2, -0.15) is 0 Å². The second-order valence-corrected chi connectivity index (χ2v) is 5.06. The third kappa shape index (κ3) is 3.51. The zero-order valence-electron chi connectivity index (χ0n) is 9.30. The first-order valence-corrected chi connectivity index (χ1v) is 6.40. The Balaban J connectivity index is 1.90. The van der Waals surface area contributed by atoms with Crippen molar-refractivity contribution >= 4 is 21.8 Å². The average molecular weight is 301 g/mol. The molecule has 1 aromatic carbocycles. The fourth-order valence-electron chi connectivity index (χ4n) is 1.93. The highest BCUT2D eigenvalue weighted by atomic mass is 79.9. The topological polar surface area (TPSA) is 41.1 Å². The van der Waals surface area contributed by atoms with Crippen LogP contribution in [0.5, 0.6) is 0 Å². The molecule has 3 nitrogen and oxygen atoms in total. The van der Waals surface area contributed by atoms with Crippen molar-refractivity contribution in [1.29, 1.82) is 0 Å². The van der Waals surface area contributed by atoms with Gasteiger partial charge < -0.3 is 10.6 Å². The number of benzene rings is 1. The van der Waals surface area contributed by atoms with E-state index in [2.05, 4.69) is 26.6 Å². The summed E-state index contributed by atoms with van der Waals surface area (Å²) in [6.07, 6.45) is 1.91. The maximum absolute atomic E-state index is 13.1. The summed E-state index contributed by atoms with van der Waals surface area (Å²) in [4.78, 5) is 11.7. The van der Waals surface area contributed by atoms with Crippen LogP contribution in [0.4, 0.5) is 4.39 Å². The number of carbonyl (C=O) groups excluding carboxylic acids is 1. The summed E-state index contributed by atoms with van der Waals surface area (Å²) >= 11 is 3.22. The Bertz CT molecular complexity index is 399. The highest BCUT2D eigenvalue weighted by Gasteiger charge is 2.21. The lowest BCUT2D eigenvalue weighted by molar-refractivity contribution is -0.122. The second-order valence-electron chi connectivity index (χ2n) is 4.14. The molecule has 0 radical (unpaired) electrons. The molecule has 1 atom stereocenters. The van der Waals surface area contributed by atoms with Crippen LogP contribution in [0.2, 0.25) is 0 Å². The molecule has 0 spiro atoms. The Kier molecular flexibility index (Phi) is 4.12. The van der Waals surface area contributed by atoms with Gasteiger partial charge in [0.1, 0.15) is 5.82 Å². The predicted octanol–water partition coefficient (Wildman–Crippen LogP) is 1.96. The fourth-order valence-corrected chi connectivity index (χ4v) is 2.45. The number of carbonyl (C=O) groups is 1. The van der Waals surface area contributed by atoms with Crippen molar-refractivity contribution in [1.82, 2.24) is 10.6 Å². The second kappa shape index (κ2) is 5.60. The number of hydrogen-bond donors (Lipinski definition) is 2. The van der Waals surface area contributed by atoms with Crippen molar-refractivity contribution in [2.75, 3.05) is 6.54 Å². The SMILES string of the molecule is O=C(NCc1cc(F)cc(Br)c1)C1CCCN1. The number of halogens is 2. The van der Waals surface area contributed by atoms with Gasteiger partial charge >= 0.3 is 0 Å². The van der Waals surface area contributed by atoms with Crippen molar-refractivity contribution < 1.29 is 9.18 Å². The molecule has 92 valence electrons. The molecule has 1 fully saturated rings. The summed E-state index contributed by atoms with van der Waals surface area (Å²) in [5, 5.41) is 5.93. The van der Waals surface area contributed by atoms with E-state index in [1.165, 1.54) is 12.1 Å². The van der Waals surface area contributed by atoms with Crippen molar-refractivity contribution in [2.45, 2.75) is 25.4 Å². The fraction of sp³-hybridized carbons (Fsp3) is 0.417. The number of amides is 1. The summed E-state index contributed by atoms with van der Waals surface area (Å²) < 4.78 is 13.8. The van der Waals surface area contributed by atoms with Gasteiger partial charge in [-0.25, -0.2) is 4.39 Å². The van der Waals surface area contributed by atoms with Crippen LogP contribution in [0.15, 0.2) is 22.7 Å². The van der Waals surface area contributed by atoms with Crippen LogP contribution in [-0.4, -0.2) is 18.5 Å². The van der Waals surface area contributed by atoms with Crippen LogP contribution < -0.4 is 10.6 Å². The van der Waals surface area contributed by atoms with Crippen LogP contribution in [0, 0.1) is 5.82 Å². The molecule has 0 aromatic heterocycles. The van der Waals surface area contributed by atoms with E-state index in [0.717, 1.165) is 24.9 Å². The predicted molar refractivity (Wildman–Crippen MR) is 67.0 cm³/mol. The average Bonchev–Trinajstić information content (AvgIpc) is 2.78. The molecule has 1 aromatic rings. The molecule has 2 N–H and O–H groups in total. The number of rotatable bonds is 3. The molecule has 0 aliphatic carbocycles. The van der Waals surface area contributed by atoms with E-state index in [0.29, 0.717) is 11.0 Å². The lowest BCUT2D eigenvalue weighted by Gasteiger charge is -2.11. The molecule has 1 aliphatic rings. The molecule has 1 aliphatic heterocycles. The van der Waals surface area contributed by atoms with E-state index in [1.54, 1.807) is 6.07 Å². The van der Waals surface area contributed by atoms with Crippen LogP contribution in [-0.2, 0) is 11.3 Å². The molecular formula is C12H14BrFN2O. The van der Waals surface area contributed by atoms with Gasteiger partial charge in [-0.05, 0) is 43.1 Å². The van der Waals surface area contributed by atoms with Crippen molar-refractivity contribution in [3.8, 4) is 0 Å². The molecule has 1 saturated heterocycles. The minimum Gasteiger partial charge on any atom is -0.351 e. The van der Waals surface area contributed by atoms with Crippen molar-refractivity contribution in [2.24, 2.45) is 0 Å². The van der Waals surface area contributed by atoms with Gasteiger partial charge in [0.25, 0.3) is 0 Å². The molecule has 5 heteroatoms. The van der Waals surface area contributed by atoms with Gasteiger partial charge in [-0.15, -0.1) is 0 Å². The minimum atomic E-state index is -0.303. The van der Waals surface area contributed by atoms with Crippen molar-refractivity contribution in [3.63, 3.8) is 0 Å². The first-order valence-electron chi connectivity index (χ1n) is 5.61. The Labute approximate surface area is 108 Å². The van der Waals surface area contributed by atoms with E-state index in [9.17, 15) is 9.18 Å². The molecule has 2 rings (SSSR count). The van der Waals surface area contributed by atoms with Crippen molar-refractivity contribution in [3.05, 3.63) is 34.1 Å². The summed E-state index contributed by atoms with van der Waals surface area (Å²) in [6.45, 7) is 1.25. The third-order valence-corrected chi connectivity index (χ3v) is 3.22. The van der Waals surface area contributed by atoms with Crippen LogP contribution in [0.3, 0.4) is 0 Å². The first-order chi connectivity index (χ1) is 8.15. The highest BCUT2D eigenvalue weighted by Crippen LogP contribution is 2.15. The van der Waals surface area contributed by atoms with Crippen LogP contribution in [0.25, 0.3) is 0 Å². The smallest absolute Gasteiger partial charge is 0.237 e. The van der Waals surface area contributed by atoms with E-state index in [-0.39, 0.29) is 17.8 Å². The number of nitrogens with one attached hydrogen (secondary N) is 2. The Morgan fingerprint density at radius 2 is 2.35 bits per heavy atom. The largest absolute Gasteiger partial charge is 0.351 e. The molecule has 0 saturated carbocycles. The molecule has 1 amide bonds. The Morgan fingerprint density at radius 3 is 3.00 bits per heavy atom. The molecule has 17 heavy (non-hydrogen) atoms.